The van der Waals surface area contributed by atoms with E-state index in [-0.39, 0.29) is 18.2 Å². The molecular formula is C16H29NO5. The van der Waals surface area contributed by atoms with E-state index in [2.05, 4.69) is 4.90 Å². The fraction of sp³-hybridized carbons (Fsp3) is 1.00. The van der Waals surface area contributed by atoms with E-state index >= 15 is 0 Å². The molecule has 3 rings (SSSR count). The summed E-state index contributed by atoms with van der Waals surface area (Å²) >= 11 is 0. The summed E-state index contributed by atoms with van der Waals surface area (Å²) in [4.78, 5) is 2.31. The van der Waals surface area contributed by atoms with E-state index in [0.29, 0.717) is 13.2 Å². The lowest BCUT2D eigenvalue weighted by atomic mass is 9.99. The van der Waals surface area contributed by atoms with Gasteiger partial charge in [-0.1, -0.05) is 0 Å². The van der Waals surface area contributed by atoms with Crippen molar-refractivity contribution in [3.8, 4) is 0 Å². The minimum absolute atomic E-state index is 0.119. The van der Waals surface area contributed by atoms with Crippen LogP contribution in [0.3, 0.4) is 0 Å². The fourth-order valence-electron chi connectivity index (χ4n) is 3.70. The fourth-order valence-corrected chi connectivity index (χ4v) is 3.70. The van der Waals surface area contributed by atoms with Gasteiger partial charge in [-0.15, -0.1) is 0 Å². The number of nitrogens with zero attached hydrogens (tertiary/aromatic N) is 1. The zero-order valence-corrected chi connectivity index (χ0v) is 14.1. The van der Waals surface area contributed by atoms with Gasteiger partial charge in [0.05, 0.1) is 19.3 Å². The van der Waals surface area contributed by atoms with E-state index in [0.717, 1.165) is 25.9 Å². The van der Waals surface area contributed by atoms with Crippen LogP contribution in [0, 0.1) is 0 Å². The molecule has 3 saturated heterocycles. The third-order valence-electron chi connectivity index (χ3n) is 4.73. The van der Waals surface area contributed by atoms with Crippen LogP contribution < -0.4 is 0 Å². The Hall–Kier alpha value is -0.240. The van der Waals surface area contributed by atoms with Gasteiger partial charge in [0, 0.05) is 0 Å². The highest BCUT2D eigenvalue weighted by Gasteiger charge is 2.48. The Labute approximate surface area is 132 Å². The normalized spacial score (nSPS) is 37.5. The van der Waals surface area contributed by atoms with Gasteiger partial charge >= 0.3 is 0 Å². The summed E-state index contributed by atoms with van der Waals surface area (Å²) in [6.45, 7) is 10.5. The summed E-state index contributed by atoms with van der Waals surface area (Å²) in [5.74, 6) is -1.22. The average Bonchev–Trinajstić information content (AvgIpc) is 3.11. The van der Waals surface area contributed by atoms with Gasteiger partial charge in [0.1, 0.15) is 18.3 Å². The van der Waals surface area contributed by atoms with Crippen LogP contribution in [0.5, 0.6) is 0 Å². The van der Waals surface area contributed by atoms with Gasteiger partial charge in [-0.3, -0.25) is 4.90 Å². The molecule has 1 N–H and O–H groups in total. The van der Waals surface area contributed by atoms with Crippen LogP contribution in [-0.2, 0) is 18.9 Å². The molecule has 6 heteroatoms. The third-order valence-corrected chi connectivity index (χ3v) is 4.73. The van der Waals surface area contributed by atoms with E-state index in [4.69, 9.17) is 18.9 Å². The first kappa shape index (κ1) is 16.6. The van der Waals surface area contributed by atoms with Crippen molar-refractivity contribution in [1.29, 1.82) is 0 Å². The number of aliphatic hydroxyl groups is 1. The second-order valence-electron chi connectivity index (χ2n) is 7.46. The lowest BCUT2D eigenvalue weighted by Crippen LogP contribution is -2.55. The highest BCUT2D eigenvalue weighted by molar-refractivity contribution is 4.96. The molecule has 0 amide bonds. The van der Waals surface area contributed by atoms with Crippen LogP contribution in [0.25, 0.3) is 0 Å². The molecule has 22 heavy (non-hydrogen) atoms. The number of ether oxygens (including phenoxy) is 4. The van der Waals surface area contributed by atoms with Crippen molar-refractivity contribution in [1.82, 2.24) is 4.90 Å². The van der Waals surface area contributed by atoms with E-state index in [1.807, 2.05) is 27.7 Å². The minimum atomic E-state index is -0.651. The Morgan fingerprint density at radius 1 is 0.909 bits per heavy atom. The molecule has 0 radical (unpaired) electrons. The Morgan fingerprint density at radius 3 is 1.86 bits per heavy atom. The van der Waals surface area contributed by atoms with Gasteiger partial charge in [0.2, 0.25) is 0 Å². The van der Waals surface area contributed by atoms with Crippen molar-refractivity contribution >= 4 is 0 Å². The first-order valence-corrected chi connectivity index (χ1v) is 8.33. The smallest absolute Gasteiger partial charge is 0.163 e. The maximum atomic E-state index is 10.9. The van der Waals surface area contributed by atoms with E-state index < -0.39 is 17.7 Å². The number of aliphatic hydroxyl groups excluding tert-OH is 1. The van der Waals surface area contributed by atoms with Gasteiger partial charge in [0.15, 0.2) is 11.6 Å². The topological polar surface area (TPSA) is 60.4 Å². The molecule has 3 heterocycles. The van der Waals surface area contributed by atoms with Crippen molar-refractivity contribution < 1.29 is 24.1 Å². The van der Waals surface area contributed by atoms with Crippen LogP contribution >= 0.6 is 0 Å². The minimum Gasteiger partial charge on any atom is -0.389 e. The lowest BCUT2D eigenvalue weighted by Gasteiger charge is -2.37. The standard InChI is InChI=1S/C16H29NO5/c1-15(2)19-9-11(21-15)13(17-7-5-6-8-17)14(18)12-10-20-16(3,4)22-12/h11-14,18H,5-10H2,1-4H3/t11-,12-,13-,14+/m1/s1. The molecule has 0 aliphatic carbocycles. The van der Waals surface area contributed by atoms with Crippen molar-refractivity contribution in [3.05, 3.63) is 0 Å². The Morgan fingerprint density at radius 2 is 1.41 bits per heavy atom. The summed E-state index contributed by atoms with van der Waals surface area (Å²) in [7, 11) is 0. The SMILES string of the molecule is CC1(C)OC[C@H]([C@H](O)[C@@H]([C@H]2COC(C)(C)O2)N2CCCC2)O1. The molecule has 4 atom stereocenters. The second kappa shape index (κ2) is 6.00. The van der Waals surface area contributed by atoms with E-state index in [9.17, 15) is 5.11 Å². The zero-order valence-electron chi connectivity index (χ0n) is 14.1. The third kappa shape index (κ3) is 3.47. The lowest BCUT2D eigenvalue weighted by molar-refractivity contribution is -0.174. The van der Waals surface area contributed by atoms with Gasteiger partial charge in [-0.25, -0.2) is 0 Å². The molecule has 0 bridgehead atoms. The molecule has 128 valence electrons. The number of hydrogen-bond donors (Lipinski definition) is 1. The molecule has 0 aromatic rings. The first-order valence-electron chi connectivity index (χ1n) is 8.33. The maximum absolute atomic E-state index is 10.9. The first-order chi connectivity index (χ1) is 10.3. The van der Waals surface area contributed by atoms with Crippen molar-refractivity contribution in [2.75, 3.05) is 26.3 Å². The molecule has 0 saturated carbocycles. The van der Waals surface area contributed by atoms with Crippen LogP contribution in [0.15, 0.2) is 0 Å². The molecule has 3 fully saturated rings. The highest BCUT2D eigenvalue weighted by Crippen LogP contribution is 2.33. The van der Waals surface area contributed by atoms with Crippen LogP contribution in [0.1, 0.15) is 40.5 Å². The van der Waals surface area contributed by atoms with Crippen molar-refractivity contribution in [3.63, 3.8) is 0 Å². The maximum Gasteiger partial charge on any atom is 0.163 e. The van der Waals surface area contributed by atoms with E-state index in [1.165, 1.54) is 0 Å². The molecule has 0 aromatic heterocycles. The summed E-state index contributed by atoms with van der Waals surface area (Å²) in [5.41, 5.74) is 0. The van der Waals surface area contributed by atoms with Gasteiger partial charge in [-0.2, -0.15) is 0 Å². The molecular weight excluding hydrogens is 286 g/mol. The number of hydrogen-bond acceptors (Lipinski definition) is 6. The summed E-state index contributed by atoms with van der Waals surface area (Å²) < 4.78 is 23.2. The van der Waals surface area contributed by atoms with E-state index in [1.54, 1.807) is 0 Å². The monoisotopic (exact) mass is 315 g/mol. The molecule has 3 aliphatic rings. The zero-order chi connectivity index (χ0) is 16.0. The van der Waals surface area contributed by atoms with Gasteiger partial charge < -0.3 is 24.1 Å². The van der Waals surface area contributed by atoms with Gasteiger partial charge in [-0.05, 0) is 53.6 Å². The molecule has 6 nitrogen and oxygen atoms in total. The van der Waals surface area contributed by atoms with Crippen molar-refractivity contribution in [2.24, 2.45) is 0 Å². The molecule has 0 unspecified atom stereocenters. The predicted molar refractivity (Wildman–Crippen MR) is 80.4 cm³/mol. The molecule has 0 spiro atoms. The highest BCUT2D eigenvalue weighted by atomic mass is 16.8. The molecule has 3 aliphatic heterocycles. The van der Waals surface area contributed by atoms with Crippen LogP contribution in [-0.4, -0.2) is 72.2 Å². The second-order valence-corrected chi connectivity index (χ2v) is 7.46. The predicted octanol–water partition coefficient (Wildman–Crippen LogP) is 1.11. The Bertz CT molecular complexity index is 394. The van der Waals surface area contributed by atoms with Crippen LogP contribution in [0.2, 0.25) is 0 Å². The number of likely N-dealkylation sites (tertiary alicyclic amines) is 1. The Kier molecular flexibility index (Phi) is 4.53. The van der Waals surface area contributed by atoms with Gasteiger partial charge in [0.25, 0.3) is 0 Å². The molecule has 0 aromatic carbocycles. The quantitative estimate of drug-likeness (QED) is 0.839. The van der Waals surface area contributed by atoms with Crippen LogP contribution in [0.4, 0.5) is 0 Å². The summed E-state index contributed by atoms with van der Waals surface area (Å²) in [6, 6.07) is -0.119. The average molecular weight is 315 g/mol. The largest absolute Gasteiger partial charge is 0.389 e. The van der Waals surface area contributed by atoms with Crippen molar-refractivity contribution in [2.45, 2.75) is 76.5 Å². The number of rotatable bonds is 4. The summed E-state index contributed by atoms with van der Waals surface area (Å²) in [5, 5.41) is 10.9. The Balaban J connectivity index is 1.73. The summed E-state index contributed by atoms with van der Waals surface area (Å²) in [6.07, 6.45) is 1.20.